The number of aromatic nitrogens is 1. The Labute approximate surface area is 124 Å². The Morgan fingerprint density at radius 1 is 1.37 bits per heavy atom. The molecule has 0 aliphatic rings. The fraction of sp³-hybridized carbons (Fsp3) is 0.750. The van der Waals surface area contributed by atoms with Crippen LogP contribution in [0.25, 0.3) is 0 Å². The Morgan fingerprint density at radius 3 is 2.42 bits per heavy atom. The molecule has 0 saturated carbocycles. The van der Waals surface area contributed by atoms with Crippen LogP contribution in [-0.4, -0.2) is 30.3 Å². The number of hydrogen-bond donors (Lipinski definition) is 0. The first kappa shape index (κ1) is 16.9. The Hall–Kier alpha value is -0.170. The van der Waals surface area contributed by atoms with Crippen molar-refractivity contribution in [3.63, 3.8) is 0 Å². The zero-order valence-corrected chi connectivity index (χ0v) is 14.2. The molecular formula is C12H21ClN2O2S2. The largest absolute Gasteiger partial charge is 0.254 e. The van der Waals surface area contributed by atoms with Gasteiger partial charge in [0.2, 0.25) is 0 Å². The van der Waals surface area contributed by atoms with Crippen LogP contribution in [0.4, 0.5) is 0 Å². The van der Waals surface area contributed by atoms with E-state index in [0.717, 1.165) is 30.6 Å². The van der Waals surface area contributed by atoms with Gasteiger partial charge in [-0.05, 0) is 27.2 Å². The third-order valence-corrected chi connectivity index (χ3v) is 6.75. The van der Waals surface area contributed by atoms with Gasteiger partial charge in [0.1, 0.15) is 0 Å². The SMILES string of the molecule is CCCCCN(C(C)C)S(=O)(=O)c1sc(Cl)nc1C. The number of hydrogen-bond acceptors (Lipinski definition) is 4. The van der Waals surface area contributed by atoms with Gasteiger partial charge < -0.3 is 0 Å². The molecule has 0 radical (unpaired) electrons. The molecule has 19 heavy (non-hydrogen) atoms. The van der Waals surface area contributed by atoms with Crippen molar-refractivity contribution in [1.82, 2.24) is 9.29 Å². The first-order chi connectivity index (χ1) is 8.80. The normalized spacial score (nSPS) is 12.6. The molecule has 7 heteroatoms. The summed E-state index contributed by atoms with van der Waals surface area (Å²) in [7, 11) is -3.49. The van der Waals surface area contributed by atoms with Crippen LogP contribution in [0.5, 0.6) is 0 Å². The minimum Gasteiger partial charge on any atom is -0.229 e. The topological polar surface area (TPSA) is 50.3 Å². The van der Waals surface area contributed by atoms with Gasteiger partial charge in [0.05, 0.1) is 5.69 Å². The fourth-order valence-corrected chi connectivity index (χ4v) is 5.40. The van der Waals surface area contributed by atoms with Crippen LogP contribution in [-0.2, 0) is 10.0 Å². The molecule has 0 aliphatic carbocycles. The lowest BCUT2D eigenvalue weighted by molar-refractivity contribution is 0.346. The number of thiazole rings is 1. The zero-order chi connectivity index (χ0) is 14.6. The average molecular weight is 325 g/mol. The van der Waals surface area contributed by atoms with E-state index in [4.69, 9.17) is 11.6 Å². The number of sulfonamides is 1. The number of unbranched alkanes of at least 4 members (excludes halogenated alkanes) is 2. The van der Waals surface area contributed by atoms with Gasteiger partial charge in [0, 0.05) is 12.6 Å². The van der Waals surface area contributed by atoms with Crippen molar-refractivity contribution in [2.45, 2.75) is 57.2 Å². The van der Waals surface area contributed by atoms with Gasteiger partial charge in [0.15, 0.2) is 8.68 Å². The lowest BCUT2D eigenvalue weighted by atomic mass is 10.2. The van der Waals surface area contributed by atoms with Crippen LogP contribution in [0.3, 0.4) is 0 Å². The summed E-state index contributed by atoms with van der Waals surface area (Å²) in [6, 6.07) is -0.0675. The van der Waals surface area contributed by atoms with Crippen LogP contribution >= 0.6 is 22.9 Å². The monoisotopic (exact) mass is 324 g/mol. The molecular weight excluding hydrogens is 304 g/mol. The van der Waals surface area contributed by atoms with Crippen molar-refractivity contribution in [2.24, 2.45) is 0 Å². The minimum atomic E-state index is -3.49. The summed E-state index contributed by atoms with van der Waals surface area (Å²) in [6.07, 6.45) is 2.97. The zero-order valence-electron chi connectivity index (χ0n) is 11.8. The molecule has 1 heterocycles. The average Bonchev–Trinajstić information content (AvgIpc) is 2.64. The van der Waals surface area contributed by atoms with E-state index < -0.39 is 10.0 Å². The summed E-state index contributed by atoms with van der Waals surface area (Å²) in [5.41, 5.74) is 0.483. The molecule has 0 bridgehead atoms. The highest BCUT2D eigenvalue weighted by molar-refractivity contribution is 7.91. The van der Waals surface area contributed by atoms with Gasteiger partial charge in [-0.25, -0.2) is 13.4 Å². The van der Waals surface area contributed by atoms with Gasteiger partial charge in [-0.3, -0.25) is 0 Å². The van der Waals surface area contributed by atoms with Gasteiger partial charge in [-0.15, -0.1) is 0 Å². The van der Waals surface area contributed by atoms with Crippen molar-refractivity contribution in [3.05, 3.63) is 10.2 Å². The fourth-order valence-electron chi connectivity index (χ4n) is 1.87. The highest BCUT2D eigenvalue weighted by Crippen LogP contribution is 2.30. The van der Waals surface area contributed by atoms with Gasteiger partial charge in [-0.2, -0.15) is 4.31 Å². The van der Waals surface area contributed by atoms with E-state index >= 15 is 0 Å². The maximum Gasteiger partial charge on any atom is 0.254 e. The van der Waals surface area contributed by atoms with Crippen LogP contribution in [0.15, 0.2) is 4.21 Å². The predicted molar refractivity (Wildman–Crippen MR) is 80.4 cm³/mol. The summed E-state index contributed by atoms with van der Waals surface area (Å²) in [6.45, 7) is 8.10. The molecule has 1 aromatic heterocycles. The third kappa shape index (κ3) is 4.15. The number of aryl methyl sites for hydroxylation is 1. The highest BCUT2D eigenvalue weighted by atomic mass is 35.5. The lowest BCUT2D eigenvalue weighted by Crippen LogP contribution is -2.37. The van der Waals surface area contributed by atoms with Crippen molar-refractivity contribution >= 4 is 33.0 Å². The third-order valence-electron chi connectivity index (χ3n) is 2.83. The molecule has 0 aromatic carbocycles. The molecule has 1 aromatic rings. The smallest absolute Gasteiger partial charge is 0.229 e. The molecule has 110 valence electrons. The summed E-state index contributed by atoms with van der Waals surface area (Å²) in [5, 5.41) is 0. The van der Waals surface area contributed by atoms with Gasteiger partial charge >= 0.3 is 0 Å². The minimum absolute atomic E-state index is 0.0675. The van der Waals surface area contributed by atoms with Gasteiger partial charge in [-0.1, -0.05) is 42.7 Å². The molecule has 0 saturated heterocycles. The van der Waals surface area contributed by atoms with E-state index in [9.17, 15) is 8.42 Å². The standard InChI is InChI=1S/C12H21ClN2O2S2/c1-5-6-7-8-15(9(2)3)19(16,17)11-10(4)14-12(13)18-11/h9H,5-8H2,1-4H3. The van der Waals surface area contributed by atoms with Crippen LogP contribution in [0.1, 0.15) is 45.7 Å². The van der Waals surface area contributed by atoms with Crippen molar-refractivity contribution in [1.29, 1.82) is 0 Å². The van der Waals surface area contributed by atoms with E-state index in [1.165, 1.54) is 0 Å². The maximum absolute atomic E-state index is 12.6. The molecule has 0 amide bonds. The van der Waals surface area contributed by atoms with Crippen molar-refractivity contribution in [2.75, 3.05) is 6.54 Å². The molecule has 0 atom stereocenters. The molecule has 4 nitrogen and oxygen atoms in total. The second kappa shape index (κ2) is 7.02. The number of halogens is 1. The number of rotatable bonds is 7. The Bertz CT molecular complexity index is 512. The van der Waals surface area contributed by atoms with Crippen LogP contribution < -0.4 is 0 Å². The lowest BCUT2D eigenvalue weighted by Gasteiger charge is -2.25. The summed E-state index contributed by atoms with van der Waals surface area (Å²) >= 11 is 6.84. The van der Waals surface area contributed by atoms with Crippen molar-refractivity contribution < 1.29 is 8.42 Å². The Balaban J connectivity index is 3.03. The second-order valence-electron chi connectivity index (χ2n) is 4.76. The molecule has 0 spiro atoms. The van der Waals surface area contributed by atoms with E-state index in [1.807, 2.05) is 13.8 Å². The first-order valence-electron chi connectivity index (χ1n) is 6.45. The maximum atomic E-state index is 12.6. The Morgan fingerprint density at radius 2 is 2.00 bits per heavy atom. The van der Waals surface area contributed by atoms with Gasteiger partial charge in [0.25, 0.3) is 10.0 Å². The van der Waals surface area contributed by atoms with Crippen molar-refractivity contribution in [3.8, 4) is 0 Å². The van der Waals surface area contributed by atoms with Crippen LogP contribution in [0, 0.1) is 6.92 Å². The second-order valence-corrected chi connectivity index (χ2v) is 8.42. The molecule has 0 N–H and O–H groups in total. The molecule has 0 aliphatic heterocycles. The summed E-state index contributed by atoms with van der Waals surface area (Å²) in [4.78, 5) is 3.99. The summed E-state index contributed by atoms with van der Waals surface area (Å²) < 4.78 is 27.4. The molecule has 1 rings (SSSR count). The molecule has 0 unspecified atom stereocenters. The van der Waals surface area contributed by atoms with E-state index in [-0.39, 0.29) is 14.7 Å². The Kier molecular flexibility index (Phi) is 6.23. The first-order valence-corrected chi connectivity index (χ1v) is 9.09. The highest BCUT2D eigenvalue weighted by Gasteiger charge is 2.30. The van der Waals surface area contributed by atoms with E-state index in [2.05, 4.69) is 11.9 Å². The van der Waals surface area contributed by atoms with E-state index in [0.29, 0.717) is 12.2 Å². The summed E-state index contributed by atoms with van der Waals surface area (Å²) in [5.74, 6) is 0. The number of nitrogens with zero attached hydrogens (tertiary/aromatic N) is 2. The molecule has 0 fully saturated rings. The van der Waals surface area contributed by atoms with Crippen LogP contribution in [0.2, 0.25) is 4.47 Å². The van der Waals surface area contributed by atoms with E-state index in [1.54, 1.807) is 11.2 Å². The quantitative estimate of drug-likeness (QED) is 0.719. The predicted octanol–water partition coefficient (Wildman–Crippen LogP) is 3.69.